The van der Waals surface area contributed by atoms with Crippen molar-refractivity contribution < 1.29 is 19.1 Å². The van der Waals surface area contributed by atoms with Crippen LogP contribution >= 0.6 is 38.5 Å². The number of anilines is 1. The third kappa shape index (κ3) is 7.29. The van der Waals surface area contributed by atoms with Crippen molar-refractivity contribution in [2.45, 2.75) is 13.8 Å². The fourth-order valence-electron chi connectivity index (χ4n) is 2.93. The molecule has 0 aliphatic rings. The number of ether oxygens (including phenoxy) is 2. The van der Waals surface area contributed by atoms with E-state index in [4.69, 9.17) is 9.47 Å². The molecular weight excluding hydrogens is 613 g/mol. The van der Waals surface area contributed by atoms with Gasteiger partial charge in [0.1, 0.15) is 0 Å². The van der Waals surface area contributed by atoms with Crippen LogP contribution in [0, 0.1) is 10.5 Å². The van der Waals surface area contributed by atoms with E-state index in [2.05, 4.69) is 54.4 Å². The highest BCUT2D eigenvalue weighted by atomic mass is 127. The van der Waals surface area contributed by atoms with Crippen molar-refractivity contribution in [1.29, 1.82) is 0 Å². The third-order valence-corrected chi connectivity index (χ3v) is 5.91. The third-order valence-electron chi connectivity index (χ3n) is 4.58. The number of carbonyl (C=O) groups is 2. The highest BCUT2D eigenvalue weighted by Gasteiger charge is 2.14. The predicted octanol–water partition coefficient (Wildman–Crippen LogP) is 5.54. The number of halogens is 2. The van der Waals surface area contributed by atoms with Crippen LogP contribution in [0.25, 0.3) is 0 Å². The summed E-state index contributed by atoms with van der Waals surface area (Å²) in [5, 5.41) is 6.89. The summed E-state index contributed by atoms with van der Waals surface area (Å²) in [6.45, 7) is 4.04. The van der Waals surface area contributed by atoms with E-state index in [1.54, 1.807) is 30.3 Å². The van der Waals surface area contributed by atoms with Crippen LogP contribution < -0.4 is 20.2 Å². The van der Waals surface area contributed by atoms with Gasteiger partial charge in [-0.05, 0) is 90.0 Å². The fourth-order valence-corrected chi connectivity index (χ4v) is 3.98. The lowest BCUT2D eigenvalue weighted by Crippen LogP contribution is -2.21. The Morgan fingerprint density at radius 3 is 2.53 bits per heavy atom. The van der Waals surface area contributed by atoms with Crippen LogP contribution in [-0.2, 0) is 4.79 Å². The summed E-state index contributed by atoms with van der Waals surface area (Å²) < 4.78 is 13.2. The van der Waals surface area contributed by atoms with Crippen molar-refractivity contribution in [3.63, 3.8) is 0 Å². The van der Waals surface area contributed by atoms with Crippen molar-refractivity contribution in [3.05, 3.63) is 85.4 Å². The van der Waals surface area contributed by atoms with Gasteiger partial charge in [-0.15, -0.1) is 0 Å². The van der Waals surface area contributed by atoms with Crippen LogP contribution in [0.3, 0.4) is 0 Å². The van der Waals surface area contributed by atoms with Gasteiger partial charge in [-0.25, -0.2) is 5.43 Å². The van der Waals surface area contributed by atoms with Gasteiger partial charge in [-0.2, -0.15) is 5.10 Å². The van der Waals surface area contributed by atoms with Crippen molar-refractivity contribution in [3.8, 4) is 11.5 Å². The van der Waals surface area contributed by atoms with Gasteiger partial charge in [0.25, 0.3) is 11.8 Å². The number of hydrogen-bond donors (Lipinski definition) is 2. The molecule has 2 amide bonds. The first-order valence-electron chi connectivity index (χ1n) is 10.4. The number of hydrazone groups is 1. The molecule has 3 aromatic rings. The van der Waals surface area contributed by atoms with Gasteiger partial charge >= 0.3 is 0 Å². The minimum atomic E-state index is -0.317. The molecule has 0 radical (unpaired) electrons. The van der Waals surface area contributed by atoms with Gasteiger partial charge in [-0.3, -0.25) is 9.59 Å². The van der Waals surface area contributed by atoms with Crippen molar-refractivity contribution >= 4 is 62.2 Å². The number of nitrogens with zero attached hydrogens (tertiary/aromatic N) is 1. The minimum absolute atomic E-state index is 0.166. The monoisotopic (exact) mass is 635 g/mol. The molecule has 176 valence electrons. The van der Waals surface area contributed by atoms with Crippen molar-refractivity contribution in [2.75, 3.05) is 18.5 Å². The molecule has 0 saturated heterocycles. The lowest BCUT2D eigenvalue weighted by molar-refractivity contribution is -0.118. The van der Waals surface area contributed by atoms with Crippen LogP contribution in [0.2, 0.25) is 0 Å². The molecule has 0 aliphatic heterocycles. The first-order chi connectivity index (χ1) is 16.4. The Morgan fingerprint density at radius 1 is 1.09 bits per heavy atom. The summed E-state index contributed by atoms with van der Waals surface area (Å²) in [6, 6.07) is 18.1. The smallest absolute Gasteiger partial charge is 0.271 e. The quantitative estimate of drug-likeness (QED) is 0.184. The number of para-hydroxylation sites is 1. The average molecular weight is 636 g/mol. The number of benzene rings is 3. The second-order valence-electron chi connectivity index (χ2n) is 7.12. The number of carbonyl (C=O) groups excluding carboxylic acids is 2. The molecule has 2 N–H and O–H groups in total. The van der Waals surface area contributed by atoms with E-state index in [0.717, 1.165) is 19.3 Å². The minimum Gasteiger partial charge on any atom is -0.490 e. The van der Waals surface area contributed by atoms with Crippen LogP contribution in [0.15, 0.2) is 70.2 Å². The largest absolute Gasteiger partial charge is 0.490 e. The number of amides is 2. The summed E-state index contributed by atoms with van der Waals surface area (Å²) in [7, 11) is 0. The number of rotatable bonds is 9. The zero-order valence-corrected chi connectivity index (χ0v) is 22.3. The zero-order chi connectivity index (χ0) is 24.5. The van der Waals surface area contributed by atoms with Gasteiger partial charge in [-0.1, -0.05) is 34.1 Å². The molecule has 0 bridgehead atoms. The molecule has 0 aliphatic carbocycles. The molecule has 0 unspecified atom stereocenters. The first-order valence-corrected chi connectivity index (χ1v) is 12.3. The molecule has 0 saturated carbocycles. The Kier molecular flexibility index (Phi) is 9.46. The molecule has 0 atom stereocenters. The standard InChI is InChI=1S/C25H23BrIN3O4/c1-3-33-22-13-17(14-28-30-25(32)18-8-10-19(26)11-9-18)12-20(27)24(22)34-15-23(31)29-21-7-5-4-6-16(21)2/h4-14H,3,15H2,1-2H3,(H,29,31)(H,30,32)/b28-14+. The average Bonchev–Trinajstić information content (AvgIpc) is 2.80. The molecular formula is C25H23BrIN3O4. The highest BCUT2D eigenvalue weighted by Crippen LogP contribution is 2.34. The Morgan fingerprint density at radius 2 is 1.82 bits per heavy atom. The van der Waals surface area contributed by atoms with Gasteiger partial charge in [0.05, 0.1) is 16.4 Å². The maximum atomic E-state index is 12.4. The van der Waals surface area contributed by atoms with E-state index >= 15 is 0 Å². The number of hydrogen-bond acceptors (Lipinski definition) is 5. The molecule has 0 spiro atoms. The highest BCUT2D eigenvalue weighted by molar-refractivity contribution is 14.1. The molecule has 7 nitrogen and oxygen atoms in total. The first kappa shape index (κ1) is 25.7. The topological polar surface area (TPSA) is 89.0 Å². The normalized spacial score (nSPS) is 10.7. The fraction of sp³-hybridized carbons (Fsp3) is 0.160. The predicted molar refractivity (Wildman–Crippen MR) is 145 cm³/mol. The van der Waals surface area contributed by atoms with E-state index in [-0.39, 0.29) is 18.4 Å². The van der Waals surface area contributed by atoms with Crippen LogP contribution in [0.4, 0.5) is 5.69 Å². The van der Waals surface area contributed by atoms with Crippen LogP contribution in [0.1, 0.15) is 28.4 Å². The molecule has 9 heteroatoms. The van der Waals surface area contributed by atoms with Gasteiger partial charge in [0, 0.05) is 15.7 Å². The van der Waals surface area contributed by atoms with E-state index in [1.807, 2.05) is 44.2 Å². The number of nitrogens with one attached hydrogen (secondary N) is 2. The molecule has 0 fully saturated rings. The molecule has 34 heavy (non-hydrogen) atoms. The SMILES string of the molecule is CCOc1cc(/C=N/NC(=O)c2ccc(Br)cc2)cc(I)c1OCC(=O)Nc1ccccc1C. The van der Waals surface area contributed by atoms with Gasteiger partial charge in [0.2, 0.25) is 0 Å². The Hall–Kier alpha value is -2.92. The van der Waals surface area contributed by atoms with E-state index in [9.17, 15) is 9.59 Å². The van der Waals surface area contributed by atoms with Gasteiger partial charge < -0.3 is 14.8 Å². The Balaban J connectivity index is 1.66. The summed E-state index contributed by atoms with van der Waals surface area (Å²) in [6.07, 6.45) is 1.52. The van der Waals surface area contributed by atoms with E-state index in [1.165, 1.54) is 6.21 Å². The van der Waals surface area contributed by atoms with Crippen molar-refractivity contribution in [2.24, 2.45) is 5.10 Å². The Labute approximate surface area is 220 Å². The summed E-state index contributed by atoms with van der Waals surface area (Å²) in [5.41, 5.74) is 5.43. The number of aryl methyl sites for hydroxylation is 1. The molecule has 3 rings (SSSR count). The van der Waals surface area contributed by atoms with Crippen molar-refractivity contribution in [1.82, 2.24) is 5.43 Å². The van der Waals surface area contributed by atoms with Crippen LogP contribution in [0.5, 0.6) is 11.5 Å². The summed E-state index contributed by atoms with van der Waals surface area (Å²) in [5.74, 6) is 0.370. The Bertz CT molecular complexity index is 1200. The summed E-state index contributed by atoms with van der Waals surface area (Å²) >= 11 is 5.45. The second-order valence-corrected chi connectivity index (χ2v) is 9.20. The second kappa shape index (κ2) is 12.5. The lowest BCUT2D eigenvalue weighted by Gasteiger charge is -2.15. The zero-order valence-electron chi connectivity index (χ0n) is 18.6. The van der Waals surface area contributed by atoms with Gasteiger partial charge in [0.15, 0.2) is 18.1 Å². The van der Waals surface area contributed by atoms with Crippen LogP contribution in [-0.4, -0.2) is 31.2 Å². The maximum Gasteiger partial charge on any atom is 0.271 e. The molecule has 3 aromatic carbocycles. The maximum absolute atomic E-state index is 12.4. The molecule has 0 aromatic heterocycles. The molecule has 0 heterocycles. The van der Waals surface area contributed by atoms with E-state index < -0.39 is 0 Å². The summed E-state index contributed by atoms with van der Waals surface area (Å²) in [4.78, 5) is 24.6. The lowest BCUT2D eigenvalue weighted by atomic mass is 10.2. The van der Waals surface area contributed by atoms with E-state index in [0.29, 0.717) is 29.2 Å².